The molecule has 0 amide bonds. The highest BCUT2D eigenvalue weighted by Crippen LogP contribution is 2.35. The van der Waals surface area contributed by atoms with Gasteiger partial charge in [0.1, 0.15) is 11.4 Å². The minimum Gasteiger partial charge on any atom is -0.487 e. The van der Waals surface area contributed by atoms with Crippen molar-refractivity contribution in [2.45, 2.75) is 51.3 Å². The van der Waals surface area contributed by atoms with Crippen LogP contribution in [0.3, 0.4) is 0 Å². The Balaban J connectivity index is 1.38. The van der Waals surface area contributed by atoms with Crippen molar-refractivity contribution in [1.29, 1.82) is 0 Å². The molecule has 1 aromatic carbocycles. The number of piperidine rings is 1. The summed E-state index contributed by atoms with van der Waals surface area (Å²) < 4.78 is 5.95. The Morgan fingerprint density at radius 1 is 1.42 bits per heavy atom. The second-order valence-corrected chi connectivity index (χ2v) is 7.89. The fourth-order valence-electron chi connectivity index (χ4n) is 3.94. The van der Waals surface area contributed by atoms with Gasteiger partial charge in [-0.3, -0.25) is 4.79 Å². The Bertz CT molecular complexity index is 846. The van der Waals surface area contributed by atoms with Gasteiger partial charge in [-0.1, -0.05) is 12.1 Å². The summed E-state index contributed by atoms with van der Waals surface area (Å²) >= 11 is 0. The second kappa shape index (κ2) is 6.76. The Hall–Kier alpha value is -2.34. The number of ether oxygens (including phenoxy) is 1. The van der Waals surface area contributed by atoms with Crippen molar-refractivity contribution in [2.75, 3.05) is 18.0 Å². The van der Waals surface area contributed by atoms with Crippen LogP contribution in [0.25, 0.3) is 0 Å². The van der Waals surface area contributed by atoms with Gasteiger partial charge in [0.25, 0.3) is 5.56 Å². The number of rotatable bonds is 4. The van der Waals surface area contributed by atoms with E-state index >= 15 is 0 Å². The first kappa shape index (κ1) is 17.1. The van der Waals surface area contributed by atoms with Gasteiger partial charge in [0.15, 0.2) is 5.82 Å². The molecule has 1 saturated heterocycles. The van der Waals surface area contributed by atoms with E-state index in [1.165, 1.54) is 11.1 Å². The van der Waals surface area contributed by atoms with Crippen LogP contribution in [0.5, 0.6) is 5.75 Å². The first-order valence-electron chi connectivity index (χ1n) is 9.33. The molecule has 2 N–H and O–H groups in total. The summed E-state index contributed by atoms with van der Waals surface area (Å²) in [4.78, 5) is 21.0. The SMILES string of the molecule is CC1(C)Cc2cc(CN[C@H]3CCCN(c4ncc[nH]c4=O)C3)ccc2O1. The summed E-state index contributed by atoms with van der Waals surface area (Å²) in [6.45, 7) is 6.76. The molecule has 3 heterocycles. The molecule has 2 aliphatic rings. The van der Waals surface area contributed by atoms with Crippen LogP contribution in [0.2, 0.25) is 0 Å². The molecule has 0 bridgehead atoms. The molecule has 6 heteroatoms. The standard InChI is InChI=1S/C20H26N4O2/c1-20(2)11-15-10-14(5-6-17(15)26-20)12-23-16-4-3-9-24(13-16)18-19(25)22-8-7-21-18/h5-8,10,16,23H,3-4,9,11-13H2,1-2H3,(H,22,25)/t16-/m0/s1. The smallest absolute Gasteiger partial charge is 0.290 e. The first-order chi connectivity index (χ1) is 12.5. The van der Waals surface area contributed by atoms with Crippen LogP contribution in [0.4, 0.5) is 5.82 Å². The molecule has 26 heavy (non-hydrogen) atoms. The molecule has 0 saturated carbocycles. The maximum atomic E-state index is 12.0. The Morgan fingerprint density at radius 2 is 2.31 bits per heavy atom. The number of nitrogens with zero attached hydrogens (tertiary/aromatic N) is 2. The summed E-state index contributed by atoms with van der Waals surface area (Å²) in [6, 6.07) is 6.83. The number of H-pyrrole nitrogens is 1. The monoisotopic (exact) mass is 354 g/mol. The Morgan fingerprint density at radius 3 is 3.15 bits per heavy atom. The molecule has 1 fully saturated rings. The van der Waals surface area contributed by atoms with Crippen molar-refractivity contribution in [2.24, 2.45) is 0 Å². The number of anilines is 1. The van der Waals surface area contributed by atoms with Crippen LogP contribution in [-0.4, -0.2) is 34.7 Å². The zero-order valence-electron chi connectivity index (χ0n) is 15.4. The number of fused-ring (bicyclic) bond motifs is 1. The lowest BCUT2D eigenvalue weighted by Crippen LogP contribution is -2.47. The highest BCUT2D eigenvalue weighted by Gasteiger charge is 2.30. The van der Waals surface area contributed by atoms with Crippen LogP contribution < -0.4 is 20.5 Å². The van der Waals surface area contributed by atoms with Crippen molar-refractivity contribution < 1.29 is 4.74 Å². The fourth-order valence-corrected chi connectivity index (χ4v) is 3.94. The van der Waals surface area contributed by atoms with Gasteiger partial charge in [-0.15, -0.1) is 0 Å². The molecule has 6 nitrogen and oxygen atoms in total. The third-order valence-corrected chi connectivity index (χ3v) is 5.13. The van der Waals surface area contributed by atoms with Gasteiger partial charge < -0.3 is 19.9 Å². The normalized spacial score (nSPS) is 21.3. The number of benzene rings is 1. The predicted molar refractivity (Wildman–Crippen MR) is 102 cm³/mol. The van der Waals surface area contributed by atoms with Gasteiger partial charge in [-0.05, 0) is 43.9 Å². The lowest BCUT2D eigenvalue weighted by molar-refractivity contribution is 0.138. The van der Waals surface area contributed by atoms with Gasteiger partial charge in [-0.2, -0.15) is 0 Å². The molecular formula is C20H26N4O2. The minimum atomic E-state index is -0.116. The average Bonchev–Trinajstić information content (AvgIpc) is 2.93. The molecule has 0 unspecified atom stereocenters. The summed E-state index contributed by atoms with van der Waals surface area (Å²) in [6.07, 6.45) is 6.34. The first-order valence-corrected chi connectivity index (χ1v) is 9.33. The summed E-state index contributed by atoms with van der Waals surface area (Å²) in [5.41, 5.74) is 2.35. The number of hydrogen-bond acceptors (Lipinski definition) is 5. The molecule has 0 aliphatic carbocycles. The summed E-state index contributed by atoms with van der Waals surface area (Å²) in [7, 11) is 0. The van der Waals surface area contributed by atoms with Gasteiger partial charge >= 0.3 is 0 Å². The lowest BCUT2D eigenvalue weighted by Gasteiger charge is -2.33. The number of nitrogens with one attached hydrogen (secondary N) is 2. The summed E-state index contributed by atoms with van der Waals surface area (Å²) in [5.74, 6) is 1.54. The van der Waals surface area contributed by atoms with Gasteiger partial charge in [0, 0.05) is 44.5 Å². The average molecular weight is 354 g/mol. The van der Waals surface area contributed by atoms with Crippen molar-refractivity contribution >= 4 is 5.82 Å². The fraction of sp³-hybridized carbons (Fsp3) is 0.500. The third-order valence-electron chi connectivity index (χ3n) is 5.13. The number of hydrogen-bond donors (Lipinski definition) is 2. The van der Waals surface area contributed by atoms with Crippen molar-refractivity contribution in [3.05, 3.63) is 52.1 Å². The van der Waals surface area contributed by atoms with Gasteiger partial charge in [0.2, 0.25) is 0 Å². The Kier molecular flexibility index (Phi) is 4.44. The Labute approximate surface area is 153 Å². The molecule has 1 aromatic heterocycles. The lowest BCUT2D eigenvalue weighted by atomic mass is 10.00. The maximum absolute atomic E-state index is 12.0. The minimum absolute atomic E-state index is 0.103. The van der Waals surface area contributed by atoms with Gasteiger partial charge in [0.05, 0.1) is 0 Å². The van der Waals surface area contributed by atoms with E-state index in [2.05, 4.69) is 52.2 Å². The van der Waals surface area contributed by atoms with Crippen LogP contribution in [0, 0.1) is 0 Å². The largest absolute Gasteiger partial charge is 0.487 e. The molecule has 0 spiro atoms. The van der Waals surface area contributed by atoms with E-state index in [1.54, 1.807) is 12.4 Å². The van der Waals surface area contributed by atoms with Crippen LogP contribution in [0.15, 0.2) is 35.4 Å². The second-order valence-electron chi connectivity index (χ2n) is 7.89. The van der Waals surface area contributed by atoms with E-state index in [4.69, 9.17) is 4.74 Å². The molecule has 0 radical (unpaired) electrons. The van der Waals surface area contributed by atoms with E-state index in [9.17, 15) is 4.79 Å². The highest BCUT2D eigenvalue weighted by atomic mass is 16.5. The van der Waals surface area contributed by atoms with Crippen molar-refractivity contribution in [1.82, 2.24) is 15.3 Å². The summed E-state index contributed by atoms with van der Waals surface area (Å²) in [5, 5.41) is 3.65. The molecule has 1 atom stereocenters. The predicted octanol–water partition coefficient (Wildman–Crippen LogP) is 2.24. The van der Waals surface area contributed by atoms with E-state index < -0.39 is 0 Å². The van der Waals surface area contributed by atoms with Crippen LogP contribution in [0.1, 0.15) is 37.8 Å². The maximum Gasteiger partial charge on any atom is 0.290 e. The molecule has 2 aliphatic heterocycles. The van der Waals surface area contributed by atoms with E-state index in [0.29, 0.717) is 11.9 Å². The topological polar surface area (TPSA) is 70.2 Å². The zero-order valence-corrected chi connectivity index (χ0v) is 15.4. The zero-order chi connectivity index (χ0) is 18.1. The van der Waals surface area contributed by atoms with E-state index in [-0.39, 0.29) is 11.2 Å². The molecule has 4 rings (SSSR count). The highest BCUT2D eigenvalue weighted by molar-refractivity contribution is 5.42. The quantitative estimate of drug-likeness (QED) is 0.881. The van der Waals surface area contributed by atoms with E-state index in [0.717, 1.165) is 44.6 Å². The molecule has 2 aromatic rings. The van der Waals surface area contributed by atoms with E-state index in [1.807, 2.05) is 0 Å². The molecule has 138 valence electrons. The molecular weight excluding hydrogens is 328 g/mol. The van der Waals surface area contributed by atoms with Gasteiger partial charge in [-0.25, -0.2) is 4.98 Å². The third kappa shape index (κ3) is 3.60. The van der Waals surface area contributed by atoms with Crippen LogP contribution >= 0.6 is 0 Å². The number of aromatic nitrogens is 2. The number of aromatic amines is 1. The van der Waals surface area contributed by atoms with Crippen LogP contribution in [-0.2, 0) is 13.0 Å². The van der Waals surface area contributed by atoms with Crippen molar-refractivity contribution in [3.63, 3.8) is 0 Å². The van der Waals surface area contributed by atoms with Crippen molar-refractivity contribution in [3.8, 4) is 5.75 Å².